The normalized spacial score (nSPS) is 11.6. The number of benzene rings is 1. The fourth-order valence-electron chi connectivity index (χ4n) is 4.14. The molecule has 0 aliphatic carbocycles. The quantitative estimate of drug-likeness (QED) is 0.135. The van der Waals surface area contributed by atoms with Crippen molar-refractivity contribution in [2.75, 3.05) is 13.7 Å². The second-order valence-electron chi connectivity index (χ2n) is 8.86. The molecule has 3 rings (SSSR count). The average molecular weight is 534 g/mol. The molecule has 0 radical (unpaired) electrons. The zero-order valence-electron chi connectivity index (χ0n) is 22.2. The summed E-state index contributed by atoms with van der Waals surface area (Å²) in [4.78, 5) is 16.0. The Bertz CT molecular complexity index is 1190. The number of alkyl halides is 3. The minimum absolute atomic E-state index is 0.209. The van der Waals surface area contributed by atoms with Gasteiger partial charge in [0.05, 0.1) is 25.0 Å². The first-order valence-corrected chi connectivity index (χ1v) is 12.8. The number of aromatic nitrogens is 3. The lowest BCUT2D eigenvalue weighted by Gasteiger charge is -2.15. The van der Waals surface area contributed by atoms with E-state index in [-0.39, 0.29) is 11.9 Å². The van der Waals surface area contributed by atoms with Crippen LogP contribution < -0.4 is 14.2 Å². The fourth-order valence-corrected chi connectivity index (χ4v) is 4.14. The maximum absolute atomic E-state index is 12.9. The molecule has 0 spiro atoms. The third-order valence-corrected chi connectivity index (χ3v) is 6.18. The van der Waals surface area contributed by atoms with Gasteiger partial charge in [0.1, 0.15) is 0 Å². The summed E-state index contributed by atoms with van der Waals surface area (Å²) < 4.78 is 57.2. The molecule has 0 aliphatic heterocycles. The van der Waals surface area contributed by atoms with E-state index in [2.05, 4.69) is 18.8 Å². The van der Waals surface area contributed by atoms with Crippen LogP contribution in [0.15, 0.2) is 42.7 Å². The van der Waals surface area contributed by atoms with Gasteiger partial charge in [0.25, 0.3) is 0 Å². The largest absolute Gasteiger partial charge is 0.493 e. The predicted molar refractivity (Wildman–Crippen MR) is 137 cm³/mol. The van der Waals surface area contributed by atoms with Crippen LogP contribution in [0.5, 0.6) is 17.2 Å². The molecule has 206 valence electrons. The Morgan fingerprint density at radius 1 is 1.08 bits per heavy atom. The second kappa shape index (κ2) is 13.3. The molecule has 0 amide bonds. The van der Waals surface area contributed by atoms with Crippen molar-refractivity contribution < 1.29 is 32.2 Å². The molecule has 0 atom stereocenters. The molecule has 38 heavy (non-hydrogen) atoms. The Labute approximate surface area is 220 Å². The molecular weight excluding hydrogens is 499 g/mol. The number of carbonyl (C=O) groups is 1. The first-order valence-electron chi connectivity index (χ1n) is 12.8. The number of aryl methyl sites for hydroxylation is 1. The van der Waals surface area contributed by atoms with Crippen LogP contribution in [0.1, 0.15) is 75.6 Å². The minimum atomic E-state index is -4.45. The number of pyridine rings is 1. The van der Waals surface area contributed by atoms with Crippen LogP contribution in [-0.4, -0.2) is 34.5 Å². The molecule has 0 bridgehead atoms. The summed E-state index contributed by atoms with van der Waals surface area (Å²) in [6, 6.07) is 7.46. The van der Waals surface area contributed by atoms with Crippen molar-refractivity contribution in [2.24, 2.45) is 0 Å². The highest BCUT2D eigenvalue weighted by Gasteiger charge is 2.31. The van der Waals surface area contributed by atoms with Crippen molar-refractivity contribution in [1.29, 1.82) is 0 Å². The number of nitrogens with zero attached hydrogens (tertiary/aromatic N) is 3. The smallest absolute Gasteiger partial charge is 0.417 e. The van der Waals surface area contributed by atoms with Gasteiger partial charge in [-0.2, -0.15) is 18.3 Å². The SMILES string of the molecule is CCCC(=O)Oc1cccc(OC)c1OCCCc1cn(-c2ccc(C(F)(F)F)cn2)nc1C(CC)CC. The highest BCUT2D eigenvalue weighted by Crippen LogP contribution is 2.37. The molecule has 0 N–H and O–H groups in total. The molecule has 10 heteroatoms. The molecule has 3 aromatic rings. The van der Waals surface area contributed by atoms with Crippen molar-refractivity contribution in [3.05, 3.63) is 59.5 Å². The molecule has 0 unspecified atom stereocenters. The number of halogens is 3. The van der Waals surface area contributed by atoms with E-state index in [0.717, 1.165) is 36.4 Å². The Hall–Kier alpha value is -3.56. The van der Waals surface area contributed by atoms with E-state index in [0.29, 0.717) is 55.4 Å². The number of esters is 1. The van der Waals surface area contributed by atoms with E-state index in [4.69, 9.17) is 19.3 Å². The van der Waals surface area contributed by atoms with Crippen molar-refractivity contribution >= 4 is 5.97 Å². The summed E-state index contributed by atoms with van der Waals surface area (Å²) in [6.07, 6.45) is 2.18. The first kappa shape index (κ1) is 29.0. The van der Waals surface area contributed by atoms with Crippen molar-refractivity contribution in [1.82, 2.24) is 14.8 Å². The number of hydrogen-bond acceptors (Lipinski definition) is 6. The van der Waals surface area contributed by atoms with Crippen molar-refractivity contribution in [3.63, 3.8) is 0 Å². The monoisotopic (exact) mass is 533 g/mol. The molecule has 1 aromatic carbocycles. The number of methoxy groups -OCH3 is 1. The maximum atomic E-state index is 12.9. The molecule has 0 fully saturated rings. The van der Waals surface area contributed by atoms with Gasteiger partial charge in [0.2, 0.25) is 5.75 Å². The fraction of sp³-hybridized carbons (Fsp3) is 0.464. The highest BCUT2D eigenvalue weighted by atomic mass is 19.4. The topological polar surface area (TPSA) is 75.5 Å². The maximum Gasteiger partial charge on any atom is 0.417 e. The van der Waals surface area contributed by atoms with Gasteiger partial charge in [-0.05, 0) is 61.9 Å². The summed E-state index contributed by atoms with van der Waals surface area (Å²) in [7, 11) is 1.52. The highest BCUT2D eigenvalue weighted by molar-refractivity contribution is 5.73. The van der Waals surface area contributed by atoms with Gasteiger partial charge < -0.3 is 14.2 Å². The first-order chi connectivity index (χ1) is 18.2. The van der Waals surface area contributed by atoms with Gasteiger partial charge >= 0.3 is 12.1 Å². The third kappa shape index (κ3) is 7.26. The Balaban J connectivity index is 1.76. The van der Waals surface area contributed by atoms with Gasteiger partial charge in [-0.25, -0.2) is 9.67 Å². The summed E-state index contributed by atoms with van der Waals surface area (Å²) in [5, 5.41) is 4.70. The number of hydrogen-bond donors (Lipinski definition) is 0. The van der Waals surface area contributed by atoms with Gasteiger partial charge in [-0.1, -0.05) is 26.8 Å². The van der Waals surface area contributed by atoms with Crippen LogP contribution >= 0.6 is 0 Å². The van der Waals surface area contributed by atoms with E-state index < -0.39 is 11.7 Å². The van der Waals surface area contributed by atoms with E-state index in [1.807, 2.05) is 13.1 Å². The van der Waals surface area contributed by atoms with Crippen molar-refractivity contribution in [2.45, 2.75) is 71.4 Å². The summed E-state index contributed by atoms with van der Waals surface area (Å²) >= 11 is 0. The number of carbonyl (C=O) groups excluding carboxylic acids is 1. The Kier molecular flexibility index (Phi) is 10.2. The van der Waals surface area contributed by atoms with E-state index in [1.54, 1.807) is 18.2 Å². The van der Waals surface area contributed by atoms with Gasteiger partial charge in [0.15, 0.2) is 17.3 Å². The van der Waals surface area contributed by atoms with Crippen LogP contribution in [-0.2, 0) is 17.4 Å². The van der Waals surface area contributed by atoms with Crippen LogP contribution in [0, 0.1) is 0 Å². The number of para-hydroxylation sites is 1. The Morgan fingerprint density at radius 2 is 1.82 bits per heavy atom. The van der Waals surface area contributed by atoms with E-state index in [1.165, 1.54) is 17.9 Å². The van der Waals surface area contributed by atoms with E-state index >= 15 is 0 Å². The lowest BCUT2D eigenvalue weighted by atomic mass is 9.95. The van der Waals surface area contributed by atoms with Crippen LogP contribution in [0.2, 0.25) is 0 Å². The molecular formula is C28H34F3N3O4. The zero-order valence-corrected chi connectivity index (χ0v) is 22.2. The summed E-state index contributed by atoms with van der Waals surface area (Å²) in [5.41, 5.74) is 1.09. The number of rotatable bonds is 13. The third-order valence-electron chi connectivity index (χ3n) is 6.18. The van der Waals surface area contributed by atoms with Gasteiger partial charge in [-0.15, -0.1) is 0 Å². The van der Waals surface area contributed by atoms with Crippen LogP contribution in [0.25, 0.3) is 5.82 Å². The molecule has 2 heterocycles. The lowest BCUT2D eigenvalue weighted by molar-refractivity contribution is -0.138. The van der Waals surface area contributed by atoms with Crippen LogP contribution in [0.3, 0.4) is 0 Å². The van der Waals surface area contributed by atoms with Gasteiger partial charge in [-0.3, -0.25) is 4.79 Å². The molecule has 7 nitrogen and oxygen atoms in total. The zero-order chi connectivity index (χ0) is 27.7. The molecule has 0 saturated heterocycles. The van der Waals surface area contributed by atoms with Crippen LogP contribution in [0.4, 0.5) is 13.2 Å². The van der Waals surface area contributed by atoms with E-state index in [9.17, 15) is 18.0 Å². The minimum Gasteiger partial charge on any atom is -0.493 e. The predicted octanol–water partition coefficient (Wildman–Crippen LogP) is 6.92. The lowest BCUT2D eigenvalue weighted by Crippen LogP contribution is -2.10. The summed E-state index contributed by atoms with van der Waals surface area (Å²) in [5.74, 6) is 1.32. The Morgan fingerprint density at radius 3 is 2.42 bits per heavy atom. The number of ether oxygens (including phenoxy) is 3. The van der Waals surface area contributed by atoms with Crippen molar-refractivity contribution in [3.8, 4) is 23.1 Å². The average Bonchev–Trinajstić information content (AvgIpc) is 3.31. The molecule has 0 saturated carbocycles. The summed E-state index contributed by atoms with van der Waals surface area (Å²) in [6.45, 7) is 6.39. The van der Waals surface area contributed by atoms with Gasteiger partial charge in [0, 0.05) is 24.7 Å². The standard InChI is InChI=1S/C28H34F3N3O4/c1-5-10-25(35)38-23-13-8-12-22(36-4)27(23)37-16-9-11-20-18-34(33-26(20)19(6-2)7-3)24-15-14-21(17-32-24)28(29,30)31/h8,12-15,17-19H,5-7,9-11,16H2,1-4H3. The molecule has 0 aliphatic rings. The molecule has 2 aromatic heterocycles. The second-order valence-corrected chi connectivity index (χ2v) is 8.86.